The first-order valence-corrected chi connectivity index (χ1v) is 10.4. The number of rotatable bonds is 10. The molecule has 1 unspecified atom stereocenters. The molecular weight excluding hydrogens is 320 g/mol. The number of aromatic nitrogens is 2. The number of hydrogen-bond acceptors (Lipinski definition) is 3. The van der Waals surface area contributed by atoms with Gasteiger partial charge in [-0.2, -0.15) is 0 Å². The Balaban J connectivity index is 1.53. The second kappa shape index (κ2) is 9.70. The summed E-state index contributed by atoms with van der Waals surface area (Å²) >= 11 is 0. The van der Waals surface area contributed by atoms with Crippen LogP contribution >= 0.6 is 0 Å². The molecular formula is C23H32N2O. The lowest BCUT2D eigenvalue weighted by Crippen LogP contribution is -1.99. The highest BCUT2D eigenvalue weighted by atomic mass is 16.5. The van der Waals surface area contributed by atoms with Crippen LogP contribution in [0.4, 0.5) is 0 Å². The van der Waals surface area contributed by atoms with Gasteiger partial charge in [0, 0.05) is 5.56 Å². The summed E-state index contributed by atoms with van der Waals surface area (Å²) in [6, 6.07) is 6.75. The third kappa shape index (κ3) is 5.06. The largest absolute Gasteiger partial charge is 0.491 e. The predicted molar refractivity (Wildman–Crippen MR) is 108 cm³/mol. The van der Waals surface area contributed by atoms with E-state index in [1.807, 2.05) is 6.92 Å². The van der Waals surface area contributed by atoms with Gasteiger partial charge in [-0.05, 0) is 49.3 Å². The van der Waals surface area contributed by atoms with E-state index in [1.54, 1.807) is 12.4 Å². The van der Waals surface area contributed by atoms with Crippen LogP contribution in [-0.4, -0.2) is 16.6 Å². The quantitative estimate of drug-likeness (QED) is 0.491. The molecule has 0 aliphatic heterocycles. The van der Waals surface area contributed by atoms with Crippen LogP contribution in [0.1, 0.15) is 69.9 Å². The first-order valence-electron chi connectivity index (χ1n) is 10.4. The van der Waals surface area contributed by atoms with Gasteiger partial charge in [-0.3, -0.25) is 0 Å². The van der Waals surface area contributed by atoms with Crippen molar-refractivity contribution in [3.05, 3.63) is 41.7 Å². The number of hydrogen-bond donors (Lipinski definition) is 0. The van der Waals surface area contributed by atoms with Crippen molar-refractivity contribution in [3.8, 4) is 17.1 Å². The van der Waals surface area contributed by atoms with Gasteiger partial charge in [-0.25, -0.2) is 9.97 Å². The topological polar surface area (TPSA) is 35.0 Å². The first-order chi connectivity index (χ1) is 12.8. The fraction of sp³-hybridized carbons (Fsp3) is 0.565. The molecule has 1 aliphatic carbocycles. The predicted octanol–water partition coefficient (Wildman–Crippen LogP) is 6.01. The molecule has 3 nitrogen and oxygen atoms in total. The lowest BCUT2D eigenvalue weighted by atomic mass is 9.97. The first kappa shape index (κ1) is 18.9. The molecule has 0 fully saturated rings. The van der Waals surface area contributed by atoms with Crippen LogP contribution in [-0.2, 0) is 12.8 Å². The van der Waals surface area contributed by atoms with Gasteiger partial charge in [0.25, 0.3) is 0 Å². The summed E-state index contributed by atoms with van der Waals surface area (Å²) in [5.41, 5.74) is 4.14. The van der Waals surface area contributed by atoms with Crippen molar-refractivity contribution in [2.45, 2.75) is 71.6 Å². The number of nitrogens with zero attached hydrogens (tertiary/aromatic N) is 2. The summed E-state index contributed by atoms with van der Waals surface area (Å²) in [5.74, 6) is 2.35. The second-order valence-electron chi connectivity index (χ2n) is 7.49. The summed E-state index contributed by atoms with van der Waals surface area (Å²) in [6.07, 6.45) is 15.7. The van der Waals surface area contributed by atoms with Crippen molar-refractivity contribution in [1.29, 1.82) is 0 Å². The van der Waals surface area contributed by atoms with Gasteiger partial charge >= 0.3 is 0 Å². The fourth-order valence-corrected chi connectivity index (χ4v) is 3.97. The Bertz CT molecular complexity index is 681. The van der Waals surface area contributed by atoms with Gasteiger partial charge in [0.2, 0.25) is 0 Å². The molecule has 3 rings (SSSR count). The number of fused-ring (bicyclic) bond motifs is 1. The molecule has 0 amide bonds. The molecule has 0 radical (unpaired) electrons. The molecule has 1 aromatic carbocycles. The Morgan fingerprint density at radius 3 is 2.42 bits per heavy atom. The lowest BCUT2D eigenvalue weighted by Gasteiger charge is -2.08. The smallest absolute Gasteiger partial charge is 0.159 e. The van der Waals surface area contributed by atoms with E-state index in [0.29, 0.717) is 6.61 Å². The van der Waals surface area contributed by atoms with Gasteiger partial charge in [0.15, 0.2) is 11.6 Å². The van der Waals surface area contributed by atoms with Crippen LogP contribution in [0.2, 0.25) is 0 Å². The van der Waals surface area contributed by atoms with E-state index in [4.69, 9.17) is 4.74 Å². The zero-order valence-corrected chi connectivity index (χ0v) is 16.3. The molecule has 0 bridgehead atoms. The standard InChI is InChI=1S/C23H32N2O/c1-3-5-6-7-8-9-10-18-13-19-11-12-20(15-21(19)14-18)23-24-16-22(17-25-23)26-4-2/h11-12,15-18H,3-10,13-14H2,1-2H3. The van der Waals surface area contributed by atoms with Gasteiger partial charge in [-0.15, -0.1) is 0 Å². The molecule has 140 valence electrons. The molecule has 1 heterocycles. The summed E-state index contributed by atoms with van der Waals surface area (Å²) in [4.78, 5) is 8.92. The van der Waals surface area contributed by atoms with Crippen molar-refractivity contribution in [2.24, 2.45) is 5.92 Å². The van der Waals surface area contributed by atoms with Gasteiger partial charge < -0.3 is 4.74 Å². The molecule has 1 atom stereocenters. The normalized spacial score (nSPS) is 15.8. The number of unbranched alkanes of at least 4 members (excludes halogenated alkanes) is 5. The Labute approximate surface area is 158 Å². The zero-order valence-electron chi connectivity index (χ0n) is 16.3. The Kier molecular flexibility index (Phi) is 7.04. The molecule has 0 saturated carbocycles. The third-order valence-corrected chi connectivity index (χ3v) is 5.39. The fourth-order valence-electron chi connectivity index (χ4n) is 3.97. The number of ether oxygens (including phenoxy) is 1. The summed E-state index contributed by atoms with van der Waals surface area (Å²) in [6.45, 7) is 4.89. The van der Waals surface area contributed by atoms with Crippen molar-refractivity contribution < 1.29 is 4.74 Å². The molecule has 1 aliphatic rings. The SMILES string of the molecule is CCCCCCCCC1Cc2ccc(-c3ncc(OCC)cn3)cc2C1. The van der Waals surface area contributed by atoms with E-state index in [1.165, 1.54) is 68.9 Å². The minimum absolute atomic E-state index is 0.640. The van der Waals surface area contributed by atoms with E-state index in [-0.39, 0.29) is 0 Å². The van der Waals surface area contributed by atoms with Crippen molar-refractivity contribution in [3.63, 3.8) is 0 Å². The summed E-state index contributed by atoms with van der Waals surface area (Å²) in [5, 5.41) is 0. The number of benzene rings is 1. The minimum atomic E-state index is 0.640. The summed E-state index contributed by atoms with van der Waals surface area (Å²) in [7, 11) is 0. The lowest BCUT2D eigenvalue weighted by molar-refractivity contribution is 0.337. The van der Waals surface area contributed by atoms with Gasteiger partial charge in [-0.1, -0.05) is 57.6 Å². The molecule has 2 aromatic rings. The highest BCUT2D eigenvalue weighted by Crippen LogP contribution is 2.32. The van der Waals surface area contributed by atoms with E-state index in [2.05, 4.69) is 35.1 Å². The maximum Gasteiger partial charge on any atom is 0.159 e. The van der Waals surface area contributed by atoms with E-state index in [0.717, 1.165) is 23.1 Å². The summed E-state index contributed by atoms with van der Waals surface area (Å²) < 4.78 is 5.43. The molecule has 3 heteroatoms. The van der Waals surface area contributed by atoms with Crippen LogP contribution in [0.5, 0.6) is 5.75 Å². The zero-order chi connectivity index (χ0) is 18.2. The van der Waals surface area contributed by atoms with Gasteiger partial charge in [0.05, 0.1) is 19.0 Å². The van der Waals surface area contributed by atoms with Gasteiger partial charge in [0.1, 0.15) is 0 Å². The molecule has 0 N–H and O–H groups in total. The van der Waals surface area contributed by atoms with Crippen molar-refractivity contribution in [1.82, 2.24) is 9.97 Å². The van der Waals surface area contributed by atoms with Crippen LogP contribution in [0.15, 0.2) is 30.6 Å². The maximum atomic E-state index is 5.43. The van der Waals surface area contributed by atoms with Crippen LogP contribution in [0.3, 0.4) is 0 Å². The molecule has 0 saturated heterocycles. The second-order valence-corrected chi connectivity index (χ2v) is 7.49. The molecule has 0 spiro atoms. The van der Waals surface area contributed by atoms with E-state index in [9.17, 15) is 0 Å². The Morgan fingerprint density at radius 1 is 0.923 bits per heavy atom. The van der Waals surface area contributed by atoms with Crippen molar-refractivity contribution in [2.75, 3.05) is 6.61 Å². The average molecular weight is 353 g/mol. The molecule has 26 heavy (non-hydrogen) atoms. The van der Waals surface area contributed by atoms with Crippen LogP contribution < -0.4 is 4.74 Å². The van der Waals surface area contributed by atoms with Crippen LogP contribution in [0, 0.1) is 5.92 Å². The highest BCUT2D eigenvalue weighted by Gasteiger charge is 2.21. The monoisotopic (exact) mass is 352 g/mol. The third-order valence-electron chi connectivity index (χ3n) is 5.39. The van der Waals surface area contributed by atoms with E-state index < -0.39 is 0 Å². The highest BCUT2D eigenvalue weighted by molar-refractivity contribution is 5.58. The maximum absolute atomic E-state index is 5.43. The average Bonchev–Trinajstić information content (AvgIpc) is 3.07. The Hall–Kier alpha value is -1.90. The Morgan fingerprint density at radius 2 is 1.65 bits per heavy atom. The molecule has 1 aromatic heterocycles. The van der Waals surface area contributed by atoms with E-state index >= 15 is 0 Å². The minimum Gasteiger partial charge on any atom is -0.491 e. The van der Waals surface area contributed by atoms with Crippen LogP contribution in [0.25, 0.3) is 11.4 Å². The van der Waals surface area contributed by atoms with Crippen molar-refractivity contribution >= 4 is 0 Å².